The lowest BCUT2D eigenvalue weighted by atomic mass is 10.2. The maximum absolute atomic E-state index is 12.4. The van der Waals surface area contributed by atoms with Gasteiger partial charge in [0.1, 0.15) is 6.61 Å². The number of carbonyl (C=O) groups is 1. The summed E-state index contributed by atoms with van der Waals surface area (Å²) in [4.78, 5) is 12.4. The van der Waals surface area contributed by atoms with Crippen LogP contribution in [-0.2, 0) is 6.61 Å². The van der Waals surface area contributed by atoms with Gasteiger partial charge in [-0.05, 0) is 70.6 Å². The highest BCUT2D eigenvalue weighted by Gasteiger charge is 2.13. The van der Waals surface area contributed by atoms with Crippen molar-refractivity contribution in [3.8, 4) is 23.0 Å². The molecule has 7 nitrogen and oxygen atoms in total. The number of amides is 1. The molecule has 0 atom stereocenters. The number of nitrogens with zero attached hydrogens (tertiary/aromatic N) is 1. The standard InChI is InChI=1S/C24H21Cl2IN2O5/c1-31-20-7-5-15(10-21(20)32-2)24(30)29-28-12-14-8-19(27)23(22(9-14)33-3)34-13-16-4-6-17(25)11-18(16)26/h4-12H,13H2,1-3H3,(H,29,30)/b28-12+. The van der Waals surface area contributed by atoms with Crippen molar-refractivity contribution < 1.29 is 23.7 Å². The summed E-state index contributed by atoms with van der Waals surface area (Å²) in [5.41, 5.74) is 4.39. The molecule has 0 spiro atoms. The van der Waals surface area contributed by atoms with Gasteiger partial charge in [-0.1, -0.05) is 29.3 Å². The molecule has 0 fully saturated rings. The molecule has 3 rings (SSSR count). The Morgan fingerprint density at radius 1 is 0.971 bits per heavy atom. The van der Waals surface area contributed by atoms with Crippen molar-refractivity contribution in [2.45, 2.75) is 6.61 Å². The van der Waals surface area contributed by atoms with Crippen molar-refractivity contribution in [1.82, 2.24) is 5.43 Å². The van der Waals surface area contributed by atoms with E-state index in [1.54, 1.807) is 43.5 Å². The van der Waals surface area contributed by atoms with Crippen LogP contribution in [0, 0.1) is 3.57 Å². The minimum absolute atomic E-state index is 0.247. The van der Waals surface area contributed by atoms with E-state index in [1.165, 1.54) is 20.4 Å². The summed E-state index contributed by atoms with van der Waals surface area (Å²) in [6.07, 6.45) is 1.52. The molecule has 1 N–H and O–H groups in total. The smallest absolute Gasteiger partial charge is 0.271 e. The summed E-state index contributed by atoms with van der Waals surface area (Å²) >= 11 is 14.3. The topological polar surface area (TPSA) is 78.4 Å². The number of hydrogen-bond donors (Lipinski definition) is 1. The Kier molecular flexibility index (Phi) is 9.26. The first-order valence-corrected chi connectivity index (χ1v) is 11.7. The van der Waals surface area contributed by atoms with Gasteiger partial charge < -0.3 is 18.9 Å². The molecule has 0 saturated carbocycles. The van der Waals surface area contributed by atoms with Crippen LogP contribution in [-0.4, -0.2) is 33.5 Å². The summed E-state index contributed by atoms with van der Waals surface area (Å²) < 4.78 is 22.7. The lowest BCUT2D eigenvalue weighted by Gasteiger charge is -2.14. The summed E-state index contributed by atoms with van der Waals surface area (Å²) in [6, 6.07) is 13.7. The minimum atomic E-state index is -0.390. The van der Waals surface area contributed by atoms with Crippen molar-refractivity contribution in [3.05, 3.63) is 78.8 Å². The van der Waals surface area contributed by atoms with Crippen LogP contribution >= 0.6 is 45.8 Å². The third-order valence-corrected chi connectivity index (χ3v) is 6.05. The largest absolute Gasteiger partial charge is 0.493 e. The van der Waals surface area contributed by atoms with Crippen molar-refractivity contribution in [3.63, 3.8) is 0 Å². The van der Waals surface area contributed by atoms with Gasteiger partial charge in [0.05, 0.1) is 31.1 Å². The average Bonchev–Trinajstić information content (AvgIpc) is 2.83. The molecule has 10 heteroatoms. The molecule has 0 aromatic heterocycles. The van der Waals surface area contributed by atoms with Gasteiger partial charge in [-0.15, -0.1) is 0 Å². The molecule has 3 aromatic rings. The van der Waals surface area contributed by atoms with E-state index in [4.69, 9.17) is 42.1 Å². The zero-order chi connectivity index (χ0) is 24.7. The molecule has 178 valence electrons. The maximum atomic E-state index is 12.4. The fourth-order valence-corrected chi connectivity index (χ4v) is 4.19. The Morgan fingerprint density at radius 2 is 1.71 bits per heavy atom. The van der Waals surface area contributed by atoms with Crippen LogP contribution in [0.3, 0.4) is 0 Å². The molecule has 0 unspecified atom stereocenters. The van der Waals surface area contributed by atoms with Gasteiger partial charge >= 0.3 is 0 Å². The van der Waals surface area contributed by atoms with E-state index in [-0.39, 0.29) is 6.61 Å². The second kappa shape index (κ2) is 12.1. The van der Waals surface area contributed by atoms with Gasteiger partial charge in [0.15, 0.2) is 23.0 Å². The fraction of sp³-hybridized carbons (Fsp3) is 0.167. The van der Waals surface area contributed by atoms with E-state index < -0.39 is 5.91 Å². The summed E-state index contributed by atoms with van der Waals surface area (Å²) in [5, 5.41) is 5.13. The van der Waals surface area contributed by atoms with Gasteiger partial charge in [0, 0.05) is 21.2 Å². The van der Waals surface area contributed by atoms with E-state index in [0.717, 1.165) is 9.13 Å². The van der Waals surface area contributed by atoms with Crippen LogP contribution in [0.2, 0.25) is 10.0 Å². The number of hydrazone groups is 1. The number of carbonyl (C=O) groups excluding carboxylic acids is 1. The number of halogens is 3. The van der Waals surface area contributed by atoms with E-state index in [0.29, 0.717) is 44.2 Å². The predicted octanol–water partition coefficient (Wildman–Crippen LogP) is 5.97. The van der Waals surface area contributed by atoms with Gasteiger partial charge in [0.25, 0.3) is 5.91 Å². The average molecular weight is 615 g/mol. The third kappa shape index (κ3) is 6.46. The highest BCUT2D eigenvalue weighted by molar-refractivity contribution is 14.1. The number of benzene rings is 3. The molecule has 3 aromatic carbocycles. The molecule has 0 aliphatic heterocycles. The summed E-state index contributed by atoms with van der Waals surface area (Å²) in [6.45, 7) is 0.247. The van der Waals surface area contributed by atoms with E-state index in [1.807, 2.05) is 12.1 Å². The van der Waals surface area contributed by atoms with Crippen molar-refractivity contribution in [2.24, 2.45) is 5.10 Å². The first-order valence-electron chi connectivity index (χ1n) is 9.86. The van der Waals surface area contributed by atoms with Crippen molar-refractivity contribution >= 4 is 57.9 Å². The van der Waals surface area contributed by atoms with Crippen LogP contribution in [0.15, 0.2) is 53.6 Å². The number of hydrogen-bond acceptors (Lipinski definition) is 6. The Labute approximate surface area is 221 Å². The normalized spacial score (nSPS) is 10.8. The highest BCUT2D eigenvalue weighted by atomic mass is 127. The number of ether oxygens (including phenoxy) is 4. The number of methoxy groups -OCH3 is 3. The van der Waals surface area contributed by atoms with Gasteiger partial charge in [0.2, 0.25) is 0 Å². The van der Waals surface area contributed by atoms with Crippen LogP contribution in [0.5, 0.6) is 23.0 Å². The molecular formula is C24H21Cl2IN2O5. The van der Waals surface area contributed by atoms with Crippen LogP contribution in [0.4, 0.5) is 0 Å². The monoisotopic (exact) mass is 614 g/mol. The zero-order valence-electron chi connectivity index (χ0n) is 18.5. The quantitative estimate of drug-likeness (QED) is 0.183. The molecule has 0 heterocycles. The SMILES string of the molecule is COc1ccc(C(=O)N/N=C/c2cc(I)c(OCc3ccc(Cl)cc3Cl)c(OC)c2)cc1OC. The molecule has 34 heavy (non-hydrogen) atoms. The maximum Gasteiger partial charge on any atom is 0.271 e. The summed E-state index contributed by atoms with van der Waals surface area (Å²) in [7, 11) is 4.58. The lowest BCUT2D eigenvalue weighted by Crippen LogP contribution is -2.17. The van der Waals surface area contributed by atoms with Gasteiger partial charge in [-0.3, -0.25) is 4.79 Å². The third-order valence-electron chi connectivity index (χ3n) is 4.66. The molecular weight excluding hydrogens is 594 g/mol. The number of rotatable bonds is 9. The van der Waals surface area contributed by atoms with Gasteiger partial charge in [-0.25, -0.2) is 5.43 Å². The van der Waals surface area contributed by atoms with Gasteiger partial charge in [-0.2, -0.15) is 5.10 Å². The highest BCUT2D eigenvalue weighted by Crippen LogP contribution is 2.35. The second-order valence-corrected chi connectivity index (χ2v) is 8.83. The van der Waals surface area contributed by atoms with Crippen molar-refractivity contribution in [2.75, 3.05) is 21.3 Å². The molecule has 0 aliphatic rings. The molecule has 0 radical (unpaired) electrons. The second-order valence-electron chi connectivity index (χ2n) is 6.83. The van der Waals surface area contributed by atoms with E-state index in [2.05, 4.69) is 33.1 Å². The summed E-state index contributed by atoms with van der Waals surface area (Å²) in [5.74, 6) is 1.68. The Morgan fingerprint density at radius 3 is 2.38 bits per heavy atom. The predicted molar refractivity (Wildman–Crippen MR) is 141 cm³/mol. The van der Waals surface area contributed by atoms with E-state index >= 15 is 0 Å². The molecule has 0 saturated heterocycles. The minimum Gasteiger partial charge on any atom is -0.493 e. The van der Waals surface area contributed by atoms with E-state index in [9.17, 15) is 4.79 Å². The Bertz CT molecular complexity index is 1220. The molecule has 1 amide bonds. The number of nitrogens with one attached hydrogen (secondary N) is 1. The molecule has 0 aliphatic carbocycles. The zero-order valence-corrected chi connectivity index (χ0v) is 22.2. The van der Waals surface area contributed by atoms with Crippen LogP contribution in [0.25, 0.3) is 0 Å². The first kappa shape index (κ1) is 25.9. The first-order chi connectivity index (χ1) is 16.4. The lowest BCUT2D eigenvalue weighted by molar-refractivity contribution is 0.0954. The Balaban J connectivity index is 1.70. The van der Waals surface area contributed by atoms with Crippen molar-refractivity contribution in [1.29, 1.82) is 0 Å². The van der Waals surface area contributed by atoms with Crippen LogP contribution in [0.1, 0.15) is 21.5 Å². The molecule has 0 bridgehead atoms. The fourth-order valence-electron chi connectivity index (χ4n) is 2.95. The Hall–Kier alpha value is -2.69. The van der Waals surface area contributed by atoms with Crippen LogP contribution < -0.4 is 24.4 Å².